The number of nitrogens with one attached hydrogen (secondary N) is 2. The van der Waals surface area contributed by atoms with E-state index in [9.17, 15) is 14.9 Å². The summed E-state index contributed by atoms with van der Waals surface area (Å²) in [7, 11) is 0. The highest BCUT2D eigenvalue weighted by molar-refractivity contribution is 6.09. The number of carbonyl (C=O) groups excluding carboxylic acids is 2. The zero-order valence-electron chi connectivity index (χ0n) is 16.9. The average Bonchev–Trinajstić information content (AvgIpc) is 2.70. The molecule has 0 saturated heterocycles. The highest BCUT2D eigenvalue weighted by Crippen LogP contribution is 2.19. The number of nitriles is 1. The van der Waals surface area contributed by atoms with Crippen molar-refractivity contribution in [3.8, 4) is 6.07 Å². The van der Waals surface area contributed by atoms with Crippen LogP contribution < -0.4 is 10.6 Å². The molecular formula is C23H25N3O3. The van der Waals surface area contributed by atoms with Crippen LogP contribution in [-0.2, 0) is 9.53 Å². The second kappa shape index (κ2) is 10.7. The predicted molar refractivity (Wildman–Crippen MR) is 113 cm³/mol. The predicted octanol–water partition coefficient (Wildman–Crippen LogP) is 4.72. The Kier molecular flexibility index (Phi) is 7.99. The molecule has 0 saturated carbocycles. The third-order valence-electron chi connectivity index (χ3n) is 4.25. The van der Waals surface area contributed by atoms with Crippen LogP contribution in [0.3, 0.4) is 0 Å². The number of anilines is 2. The number of hydrogen-bond donors (Lipinski definition) is 2. The lowest BCUT2D eigenvalue weighted by Gasteiger charge is -2.11. The Balaban J connectivity index is 2.13. The van der Waals surface area contributed by atoms with Gasteiger partial charge in [-0.2, -0.15) is 5.26 Å². The number of ether oxygens (including phenoxy) is 1. The van der Waals surface area contributed by atoms with E-state index in [4.69, 9.17) is 4.74 Å². The summed E-state index contributed by atoms with van der Waals surface area (Å²) in [5, 5.41) is 15.0. The van der Waals surface area contributed by atoms with E-state index in [2.05, 4.69) is 10.6 Å². The van der Waals surface area contributed by atoms with Crippen LogP contribution in [-0.4, -0.2) is 18.5 Å². The summed E-state index contributed by atoms with van der Waals surface area (Å²) < 4.78 is 5.22. The van der Waals surface area contributed by atoms with Crippen LogP contribution in [0.5, 0.6) is 0 Å². The molecule has 0 spiro atoms. The van der Waals surface area contributed by atoms with Gasteiger partial charge in [0.1, 0.15) is 11.6 Å². The van der Waals surface area contributed by atoms with Gasteiger partial charge in [-0.1, -0.05) is 43.2 Å². The number of carbonyl (C=O) groups is 2. The van der Waals surface area contributed by atoms with Crippen molar-refractivity contribution in [1.82, 2.24) is 0 Å². The molecule has 0 aliphatic carbocycles. The number of para-hydroxylation sites is 1. The van der Waals surface area contributed by atoms with Crippen LogP contribution in [0, 0.1) is 25.2 Å². The van der Waals surface area contributed by atoms with Gasteiger partial charge < -0.3 is 15.4 Å². The maximum Gasteiger partial charge on any atom is 0.340 e. The average molecular weight is 391 g/mol. The molecule has 1 amide bonds. The van der Waals surface area contributed by atoms with E-state index in [0.29, 0.717) is 12.3 Å². The molecule has 0 radical (unpaired) electrons. The van der Waals surface area contributed by atoms with E-state index in [-0.39, 0.29) is 11.1 Å². The maximum absolute atomic E-state index is 12.5. The third-order valence-corrected chi connectivity index (χ3v) is 4.25. The second-order valence-electron chi connectivity index (χ2n) is 6.62. The van der Waals surface area contributed by atoms with Gasteiger partial charge in [0.15, 0.2) is 0 Å². The molecule has 0 aromatic heterocycles. The number of aryl methyl sites for hydroxylation is 2. The standard InChI is InChI=1S/C23H25N3O3/c1-4-5-12-29-23(28)19-8-6-7-9-21(19)26-22(27)18(14-24)15-25-20-11-10-16(2)13-17(20)3/h6-11,13,15,25H,4-5,12H2,1-3H3,(H,26,27)/b18-15-. The molecule has 6 heteroatoms. The van der Waals surface area contributed by atoms with Crippen molar-refractivity contribution in [2.24, 2.45) is 0 Å². The van der Waals surface area contributed by atoms with Gasteiger partial charge in [-0.3, -0.25) is 4.79 Å². The molecule has 0 aliphatic rings. The molecule has 0 heterocycles. The number of amides is 1. The Hall–Kier alpha value is -3.59. The molecule has 29 heavy (non-hydrogen) atoms. The van der Waals surface area contributed by atoms with Crippen molar-refractivity contribution in [3.05, 3.63) is 70.9 Å². The minimum absolute atomic E-state index is 0.112. The largest absolute Gasteiger partial charge is 0.462 e. The van der Waals surface area contributed by atoms with E-state index in [1.807, 2.05) is 45.0 Å². The van der Waals surface area contributed by atoms with Crippen LogP contribution in [0.2, 0.25) is 0 Å². The van der Waals surface area contributed by atoms with Crippen molar-refractivity contribution in [2.45, 2.75) is 33.6 Å². The van der Waals surface area contributed by atoms with Crippen molar-refractivity contribution >= 4 is 23.3 Å². The monoisotopic (exact) mass is 391 g/mol. The second-order valence-corrected chi connectivity index (χ2v) is 6.62. The summed E-state index contributed by atoms with van der Waals surface area (Å²) in [6.45, 7) is 6.26. The summed E-state index contributed by atoms with van der Waals surface area (Å²) in [5.74, 6) is -1.12. The quantitative estimate of drug-likeness (QED) is 0.294. The zero-order chi connectivity index (χ0) is 21.2. The van der Waals surface area contributed by atoms with Gasteiger partial charge in [0.25, 0.3) is 5.91 Å². The number of nitrogens with zero attached hydrogens (tertiary/aromatic N) is 1. The van der Waals surface area contributed by atoms with E-state index in [1.54, 1.807) is 24.3 Å². The van der Waals surface area contributed by atoms with Crippen molar-refractivity contribution in [2.75, 3.05) is 17.2 Å². The summed E-state index contributed by atoms with van der Waals surface area (Å²) in [4.78, 5) is 24.8. The van der Waals surface area contributed by atoms with E-state index in [1.165, 1.54) is 6.20 Å². The first kappa shape index (κ1) is 21.7. The minimum atomic E-state index is -0.612. The Morgan fingerprint density at radius 3 is 2.59 bits per heavy atom. The molecule has 0 bridgehead atoms. The Morgan fingerprint density at radius 2 is 1.90 bits per heavy atom. The maximum atomic E-state index is 12.5. The van der Waals surface area contributed by atoms with Gasteiger partial charge in [0, 0.05) is 11.9 Å². The van der Waals surface area contributed by atoms with Gasteiger partial charge in [-0.15, -0.1) is 0 Å². The van der Waals surface area contributed by atoms with E-state index in [0.717, 1.165) is 29.7 Å². The summed E-state index contributed by atoms with van der Waals surface area (Å²) in [6, 6.07) is 14.3. The van der Waals surface area contributed by atoms with Crippen molar-refractivity contribution < 1.29 is 14.3 Å². The molecular weight excluding hydrogens is 366 g/mol. The number of esters is 1. The van der Waals surface area contributed by atoms with Crippen LogP contribution in [0.4, 0.5) is 11.4 Å². The molecule has 0 atom stereocenters. The fraction of sp³-hybridized carbons (Fsp3) is 0.261. The number of benzene rings is 2. The minimum Gasteiger partial charge on any atom is -0.462 e. The summed E-state index contributed by atoms with van der Waals surface area (Å²) in [6.07, 6.45) is 3.04. The lowest BCUT2D eigenvalue weighted by Crippen LogP contribution is -2.18. The Labute approximate surface area is 171 Å². The fourth-order valence-corrected chi connectivity index (χ4v) is 2.62. The Bertz CT molecular complexity index is 958. The third kappa shape index (κ3) is 6.22. The normalized spacial score (nSPS) is 10.8. The lowest BCUT2D eigenvalue weighted by atomic mass is 10.1. The first-order chi connectivity index (χ1) is 14.0. The van der Waals surface area contributed by atoms with Crippen molar-refractivity contribution in [1.29, 1.82) is 5.26 Å². The SMILES string of the molecule is CCCCOC(=O)c1ccccc1NC(=O)/C(C#N)=C\Nc1ccc(C)cc1C. The van der Waals surface area contributed by atoms with Crippen LogP contribution in [0.15, 0.2) is 54.2 Å². The van der Waals surface area contributed by atoms with Crippen LogP contribution in [0.25, 0.3) is 0 Å². The van der Waals surface area contributed by atoms with Crippen LogP contribution in [0.1, 0.15) is 41.3 Å². The molecule has 2 N–H and O–H groups in total. The van der Waals surface area contributed by atoms with Gasteiger partial charge in [0.2, 0.25) is 0 Å². The molecule has 0 aliphatic heterocycles. The first-order valence-corrected chi connectivity index (χ1v) is 9.47. The van der Waals surface area contributed by atoms with Gasteiger partial charge in [0.05, 0.1) is 17.9 Å². The topological polar surface area (TPSA) is 91.2 Å². The van der Waals surface area contributed by atoms with Gasteiger partial charge in [-0.25, -0.2) is 4.79 Å². The van der Waals surface area contributed by atoms with E-state index < -0.39 is 11.9 Å². The Morgan fingerprint density at radius 1 is 1.14 bits per heavy atom. The van der Waals surface area contributed by atoms with Gasteiger partial charge in [-0.05, 0) is 44.0 Å². The number of unbranched alkanes of at least 4 members (excludes halogenated alkanes) is 1. The molecule has 0 fully saturated rings. The highest BCUT2D eigenvalue weighted by Gasteiger charge is 2.16. The smallest absolute Gasteiger partial charge is 0.340 e. The summed E-state index contributed by atoms with van der Waals surface area (Å²) in [5.41, 5.74) is 3.36. The molecule has 2 aromatic carbocycles. The molecule has 150 valence electrons. The molecule has 6 nitrogen and oxygen atoms in total. The number of rotatable bonds is 8. The van der Waals surface area contributed by atoms with Crippen LogP contribution >= 0.6 is 0 Å². The fourth-order valence-electron chi connectivity index (χ4n) is 2.62. The molecule has 0 unspecified atom stereocenters. The first-order valence-electron chi connectivity index (χ1n) is 9.47. The van der Waals surface area contributed by atoms with Crippen molar-refractivity contribution in [3.63, 3.8) is 0 Å². The molecule has 2 rings (SSSR count). The highest BCUT2D eigenvalue weighted by atomic mass is 16.5. The molecule has 2 aromatic rings. The zero-order valence-corrected chi connectivity index (χ0v) is 16.9. The lowest BCUT2D eigenvalue weighted by molar-refractivity contribution is -0.112. The van der Waals surface area contributed by atoms with E-state index >= 15 is 0 Å². The summed E-state index contributed by atoms with van der Waals surface area (Å²) >= 11 is 0. The van der Waals surface area contributed by atoms with Gasteiger partial charge >= 0.3 is 5.97 Å². The number of hydrogen-bond acceptors (Lipinski definition) is 5.